The fourth-order valence-electron chi connectivity index (χ4n) is 1.04. The number of amides is 2. The van der Waals surface area contributed by atoms with Crippen molar-refractivity contribution in [1.29, 1.82) is 0 Å². The van der Waals surface area contributed by atoms with Gasteiger partial charge in [-0.25, -0.2) is 0 Å². The molecule has 1 N–H and O–H groups in total. The first kappa shape index (κ1) is 17.7. The summed E-state index contributed by atoms with van der Waals surface area (Å²) >= 11 is 0. The molecule has 0 aromatic carbocycles. The van der Waals surface area contributed by atoms with E-state index in [1.54, 1.807) is 0 Å². The van der Waals surface area contributed by atoms with Crippen LogP contribution in [0.2, 0.25) is 0 Å². The Kier molecular flexibility index (Phi) is 10.0. The van der Waals surface area contributed by atoms with Gasteiger partial charge in [0.2, 0.25) is 0 Å². The molecule has 0 radical (unpaired) electrons. The molecule has 0 fully saturated rings. The van der Waals surface area contributed by atoms with Crippen LogP contribution >= 0.6 is 0 Å². The summed E-state index contributed by atoms with van der Waals surface area (Å²) in [6, 6.07) is 0. The van der Waals surface area contributed by atoms with E-state index in [2.05, 4.69) is 0 Å². The minimum atomic E-state index is -0.924. The predicted molar refractivity (Wildman–Crippen MR) is 57.0 cm³/mol. The minimum absolute atomic E-state index is 0. The Labute approximate surface area is 131 Å². The third-order valence-corrected chi connectivity index (χ3v) is 1.67. The number of carboxylic acids is 1. The summed E-state index contributed by atoms with van der Waals surface area (Å²) in [5.74, 6) is -1.65. The number of rotatable bonds is 4. The Morgan fingerprint density at radius 1 is 1.20 bits per heavy atom. The molecule has 0 aromatic rings. The Balaban J connectivity index is 0. The Morgan fingerprint density at radius 2 is 1.67 bits per heavy atom. The average Bonchev–Trinajstić information content (AvgIpc) is 2.34. The van der Waals surface area contributed by atoms with Crippen LogP contribution in [0, 0.1) is 0 Å². The van der Waals surface area contributed by atoms with E-state index >= 15 is 0 Å². The van der Waals surface area contributed by atoms with Crippen LogP contribution in [-0.2, 0) is 14.4 Å². The summed E-state index contributed by atoms with van der Waals surface area (Å²) in [5.41, 5.74) is 0. The van der Waals surface area contributed by atoms with Crippen molar-refractivity contribution in [3.63, 3.8) is 0 Å². The molecule has 74 valence electrons. The molecule has 0 atom stereocenters. The van der Waals surface area contributed by atoms with E-state index in [0.717, 1.165) is 4.90 Å². The summed E-state index contributed by atoms with van der Waals surface area (Å²) in [4.78, 5) is 33.0. The second-order valence-electron chi connectivity index (χ2n) is 2.66. The van der Waals surface area contributed by atoms with Gasteiger partial charge >= 0.3 is 65.1 Å². The molecule has 0 aromatic heterocycles. The number of carbonyl (C=O) groups excluding carboxylic acids is 2. The molecule has 0 bridgehead atoms. The second-order valence-corrected chi connectivity index (χ2v) is 2.66. The van der Waals surface area contributed by atoms with Gasteiger partial charge in [-0.15, -0.1) is 0 Å². The normalized spacial score (nSPS) is 13.5. The van der Waals surface area contributed by atoms with Crippen LogP contribution in [0.3, 0.4) is 0 Å². The van der Waals surface area contributed by atoms with Crippen molar-refractivity contribution in [3.05, 3.63) is 12.2 Å². The van der Waals surface area contributed by atoms with Gasteiger partial charge in [0.15, 0.2) is 0 Å². The average molecular weight is 231 g/mol. The van der Waals surface area contributed by atoms with Crippen molar-refractivity contribution in [2.75, 3.05) is 6.54 Å². The van der Waals surface area contributed by atoms with Crippen LogP contribution in [0.25, 0.3) is 0 Å². The van der Waals surface area contributed by atoms with Crippen molar-refractivity contribution < 1.29 is 19.5 Å². The van der Waals surface area contributed by atoms with Crippen LogP contribution in [0.5, 0.6) is 0 Å². The number of aliphatic carboxylic acids is 1. The number of nitrogens with zero attached hydrogens (tertiary/aromatic N) is 1. The van der Waals surface area contributed by atoms with Gasteiger partial charge < -0.3 is 5.11 Å². The third kappa shape index (κ3) is 5.85. The molecule has 1 heterocycles. The molecule has 15 heavy (non-hydrogen) atoms. The SMILES string of the molecule is O=C(O)CCCN1C(=O)C=CC1=O.[NaH].[NaH]. The number of carbonyl (C=O) groups is 3. The predicted octanol–water partition coefficient (Wildman–Crippen LogP) is -1.52. The van der Waals surface area contributed by atoms with Gasteiger partial charge in [-0.2, -0.15) is 0 Å². The molecule has 5 nitrogen and oxygen atoms in total. The Bertz CT molecular complexity index is 272. The third-order valence-electron chi connectivity index (χ3n) is 1.67. The van der Waals surface area contributed by atoms with Gasteiger partial charge in [0.05, 0.1) is 0 Å². The van der Waals surface area contributed by atoms with Gasteiger partial charge in [0, 0.05) is 25.1 Å². The first-order valence-corrected chi connectivity index (χ1v) is 3.86. The Morgan fingerprint density at radius 3 is 2.07 bits per heavy atom. The van der Waals surface area contributed by atoms with Gasteiger partial charge in [-0.05, 0) is 6.42 Å². The summed E-state index contributed by atoms with van der Waals surface area (Å²) < 4.78 is 0. The zero-order chi connectivity index (χ0) is 9.84. The first-order valence-electron chi connectivity index (χ1n) is 3.86. The van der Waals surface area contributed by atoms with E-state index in [9.17, 15) is 14.4 Å². The summed E-state index contributed by atoms with van der Waals surface area (Å²) in [6.45, 7) is 0.178. The number of carboxylic acid groups (broad SMARTS) is 1. The van der Waals surface area contributed by atoms with Crippen LogP contribution < -0.4 is 0 Å². The van der Waals surface area contributed by atoms with Crippen molar-refractivity contribution in [1.82, 2.24) is 4.90 Å². The van der Waals surface area contributed by atoms with Gasteiger partial charge in [-0.3, -0.25) is 19.3 Å². The fourth-order valence-corrected chi connectivity index (χ4v) is 1.04. The molecule has 1 aliphatic heterocycles. The van der Waals surface area contributed by atoms with Crippen molar-refractivity contribution >= 4 is 76.9 Å². The number of hydrogen-bond acceptors (Lipinski definition) is 3. The molecule has 0 aliphatic carbocycles. The van der Waals surface area contributed by atoms with Crippen molar-refractivity contribution in [2.45, 2.75) is 12.8 Å². The van der Waals surface area contributed by atoms with Gasteiger partial charge in [0.1, 0.15) is 0 Å². The van der Waals surface area contributed by atoms with E-state index in [1.165, 1.54) is 12.2 Å². The number of hydrogen-bond donors (Lipinski definition) is 1. The van der Waals surface area contributed by atoms with Crippen LogP contribution in [0.4, 0.5) is 0 Å². The van der Waals surface area contributed by atoms with Gasteiger partial charge in [0.25, 0.3) is 11.8 Å². The molecular formula is C8H11NNa2O4. The quantitative estimate of drug-likeness (QED) is 0.471. The second kappa shape index (κ2) is 8.50. The molecular weight excluding hydrogens is 220 g/mol. The summed E-state index contributed by atoms with van der Waals surface area (Å²) in [7, 11) is 0. The molecule has 7 heteroatoms. The summed E-state index contributed by atoms with van der Waals surface area (Å²) in [5, 5.41) is 8.32. The molecule has 2 amide bonds. The topological polar surface area (TPSA) is 74.7 Å². The maximum absolute atomic E-state index is 10.9. The van der Waals surface area contributed by atoms with Gasteiger partial charge in [-0.1, -0.05) is 0 Å². The molecule has 0 spiro atoms. The molecule has 1 rings (SSSR count). The van der Waals surface area contributed by atoms with E-state index in [1.807, 2.05) is 0 Å². The van der Waals surface area contributed by atoms with E-state index < -0.39 is 5.97 Å². The molecule has 1 aliphatic rings. The molecule has 0 unspecified atom stereocenters. The first-order chi connectivity index (χ1) is 6.11. The molecule has 0 saturated carbocycles. The standard InChI is InChI=1S/C8H9NO4.2Na.2H/c10-6-3-4-7(11)9(6)5-1-2-8(12)13;;;;/h3-4H,1-2,5H2,(H,12,13);;;;. The monoisotopic (exact) mass is 231 g/mol. The van der Waals surface area contributed by atoms with E-state index in [0.29, 0.717) is 6.42 Å². The fraction of sp³-hybridized carbons (Fsp3) is 0.375. The van der Waals surface area contributed by atoms with Crippen LogP contribution in [0.1, 0.15) is 12.8 Å². The van der Waals surface area contributed by atoms with E-state index in [-0.39, 0.29) is 83.9 Å². The zero-order valence-corrected chi connectivity index (χ0v) is 6.90. The van der Waals surface area contributed by atoms with Crippen molar-refractivity contribution in [2.24, 2.45) is 0 Å². The summed E-state index contributed by atoms with van der Waals surface area (Å²) in [6.07, 6.45) is 2.64. The number of imide groups is 1. The Hall–Kier alpha value is 0.350. The molecule has 0 saturated heterocycles. The zero-order valence-electron chi connectivity index (χ0n) is 6.90. The van der Waals surface area contributed by atoms with Crippen molar-refractivity contribution in [3.8, 4) is 0 Å². The maximum atomic E-state index is 10.9. The van der Waals surface area contributed by atoms with Crippen LogP contribution in [0.15, 0.2) is 12.2 Å². The van der Waals surface area contributed by atoms with Crippen LogP contribution in [-0.4, -0.2) is 93.4 Å². The van der Waals surface area contributed by atoms with E-state index in [4.69, 9.17) is 5.11 Å².